The molecule has 1 fully saturated rings. The lowest BCUT2D eigenvalue weighted by atomic mass is 9.93. The third-order valence-electron chi connectivity index (χ3n) is 3.86. The Hall–Kier alpha value is -0.630. The summed E-state index contributed by atoms with van der Waals surface area (Å²) in [4.78, 5) is 4.13. The molecule has 3 rings (SSSR count). The van der Waals surface area contributed by atoms with Gasteiger partial charge in [0.05, 0.1) is 5.69 Å². The standard InChI is InChI=1S/C14H19NS/c1-2-15-11-7-3-5-9-13(11)16-14-10-6-4-8-12(14)15/h3,5,7,9,12,14H,2,4,6,8,10H2,1H3. The van der Waals surface area contributed by atoms with Crippen LogP contribution in [0, 0.1) is 0 Å². The van der Waals surface area contributed by atoms with Crippen molar-refractivity contribution in [2.75, 3.05) is 11.4 Å². The molecule has 2 aliphatic rings. The van der Waals surface area contributed by atoms with Crippen molar-refractivity contribution in [2.45, 2.75) is 48.8 Å². The summed E-state index contributed by atoms with van der Waals surface area (Å²) in [5.74, 6) is 0. The largest absolute Gasteiger partial charge is 0.367 e. The molecule has 0 spiro atoms. The Morgan fingerprint density at radius 1 is 1.25 bits per heavy atom. The van der Waals surface area contributed by atoms with Gasteiger partial charge in [0, 0.05) is 22.7 Å². The van der Waals surface area contributed by atoms with E-state index in [9.17, 15) is 0 Å². The Morgan fingerprint density at radius 3 is 2.94 bits per heavy atom. The van der Waals surface area contributed by atoms with Crippen molar-refractivity contribution in [3.05, 3.63) is 24.3 Å². The number of thioether (sulfide) groups is 1. The summed E-state index contributed by atoms with van der Waals surface area (Å²) in [6.45, 7) is 3.44. The first-order valence-electron chi connectivity index (χ1n) is 6.42. The molecule has 16 heavy (non-hydrogen) atoms. The van der Waals surface area contributed by atoms with Crippen molar-refractivity contribution in [1.29, 1.82) is 0 Å². The number of fused-ring (bicyclic) bond motifs is 2. The van der Waals surface area contributed by atoms with Gasteiger partial charge >= 0.3 is 0 Å². The van der Waals surface area contributed by atoms with Gasteiger partial charge in [-0.15, -0.1) is 11.8 Å². The van der Waals surface area contributed by atoms with Crippen LogP contribution in [-0.4, -0.2) is 17.8 Å². The maximum atomic E-state index is 2.63. The third-order valence-corrected chi connectivity index (χ3v) is 5.31. The van der Waals surface area contributed by atoms with E-state index in [4.69, 9.17) is 0 Å². The number of hydrogen-bond acceptors (Lipinski definition) is 2. The number of nitrogens with zero attached hydrogens (tertiary/aromatic N) is 1. The Balaban J connectivity index is 1.99. The smallest absolute Gasteiger partial charge is 0.0507 e. The number of para-hydroxylation sites is 1. The lowest BCUT2D eigenvalue weighted by Crippen LogP contribution is -2.46. The zero-order valence-electron chi connectivity index (χ0n) is 9.86. The van der Waals surface area contributed by atoms with Crippen LogP contribution in [-0.2, 0) is 0 Å². The second-order valence-electron chi connectivity index (χ2n) is 4.76. The molecular weight excluding hydrogens is 214 g/mol. The molecule has 0 N–H and O–H groups in total. The molecule has 2 heteroatoms. The molecule has 1 heterocycles. The average Bonchev–Trinajstić information content (AvgIpc) is 2.36. The fourth-order valence-corrected chi connectivity index (χ4v) is 4.63. The molecule has 2 unspecified atom stereocenters. The molecule has 2 atom stereocenters. The Labute approximate surface area is 102 Å². The minimum absolute atomic E-state index is 0.790. The zero-order valence-corrected chi connectivity index (χ0v) is 10.7. The lowest BCUT2D eigenvalue weighted by molar-refractivity contribution is 0.423. The highest BCUT2D eigenvalue weighted by atomic mass is 32.2. The van der Waals surface area contributed by atoms with E-state index in [-0.39, 0.29) is 0 Å². The SMILES string of the molecule is CCN1c2ccccc2SC2CCCCC21. The van der Waals surface area contributed by atoms with Crippen LogP contribution in [0.3, 0.4) is 0 Å². The monoisotopic (exact) mass is 233 g/mol. The zero-order chi connectivity index (χ0) is 11.0. The highest BCUT2D eigenvalue weighted by molar-refractivity contribution is 8.00. The van der Waals surface area contributed by atoms with Crippen LogP contribution in [0.25, 0.3) is 0 Å². The van der Waals surface area contributed by atoms with Crippen molar-refractivity contribution in [3.8, 4) is 0 Å². The van der Waals surface area contributed by atoms with Gasteiger partial charge in [-0.05, 0) is 31.9 Å². The summed E-state index contributed by atoms with van der Waals surface area (Å²) < 4.78 is 0. The van der Waals surface area contributed by atoms with Crippen LogP contribution in [0.4, 0.5) is 5.69 Å². The van der Waals surface area contributed by atoms with Gasteiger partial charge < -0.3 is 4.90 Å². The number of anilines is 1. The molecule has 0 aromatic heterocycles. The van der Waals surface area contributed by atoms with Gasteiger partial charge in [-0.3, -0.25) is 0 Å². The molecule has 1 aromatic carbocycles. The van der Waals surface area contributed by atoms with E-state index in [2.05, 4.69) is 47.9 Å². The first kappa shape index (κ1) is 10.5. The molecule has 0 saturated heterocycles. The maximum Gasteiger partial charge on any atom is 0.0507 e. The van der Waals surface area contributed by atoms with Gasteiger partial charge in [0.25, 0.3) is 0 Å². The van der Waals surface area contributed by atoms with E-state index in [1.807, 2.05) is 0 Å². The third kappa shape index (κ3) is 1.64. The van der Waals surface area contributed by atoms with Crippen molar-refractivity contribution < 1.29 is 0 Å². The van der Waals surface area contributed by atoms with Gasteiger partial charge in [-0.2, -0.15) is 0 Å². The van der Waals surface area contributed by atoms with E-state index in [0.29, 0.717) is 0 Å². The molecule has 1 aliphatic heterocycles. The minimum Gasteiger partial charge on any atom is -0.367 e. The lowest BCUT2D eigenvalue weighted by Gasteiger charge is -2.45. The van der Waals surface area contributed by atoms with Gasteiger partial charge in [-0.1, -0.05) is 25.0 Å². The molecule has 1 nitrogen and oxygen atoms in total. The molecular formula is C14H19NS. The number of benzene rings is 1. The molecule has 1 aromatic rings. The van der Waals surface area contributed by atoms with E-state index in [0.717, 1.165) is 17.8 Å². The van der Waals surface area contributed by atoms with Gasteiger partial charge in [-0.25, -0.2) is 0 Å². The molecule has 0 radical (unpaired) electrons. The van der Waals surface area contributed by atoms with Crippen LogP contribution in [0.2, 0.25) is 0 Å². The highest BCUT2D eigenvalue weighted by Crippen LogP contribution is 2.46. The Kier molecular flexibility index (Phi) is 2.84. The van der Waals surface area contributed by atoms with Crippen molar-refractivity contribution in [1.82, 2.24) is 0 Å². The normalized spacial score (nSPS) is 28.4. The average molecular weight is 233 g/mol. The van der Waals surface area contributed by atoms with Crippen LogP contribution >= 0.6 is 11.8 Å². The van der Waals surface area contributed by atoms with E-state index >= 15 is 0 Å². The molecule has 0 bridgehead atoms. The van der Waals surface area contributed by atoms with Crippen molar-refractivity contribution >= 4 is 17.4 Å². The van der Waals surface area contributed by atoms with Gasteiger partial charge in [0.15, 0.2) is 0 Å². The second-order valence-corrected chi connectivity index (χ2v) is 6.04. The highest BCUT2D eigenvalue weighted by Gasteiger charge is 2.35. The Morgan fingerprint density at radius 2 is 2.06 bits per heavy atom. The van der Waals surface area contributed by atoms with Crippen LogP contribution in [0.5, 0.6) is 0 Å². The van der Waals surface area contributed by atoms with E-state index in [1.54, 1.807) is 0 Å². The molecule has 1 saturated carbocycles. The van der Waals surface area contributed by atoms with Crippen LogP contribution in [0.15, 0.2) is 29.2 Å². The summed E-state index contributed by atoms with van der Waals surface area (Å²) in [7, 11) is 0. The predicted octanol–water partition coefficient (Wildman–Crippen LogP) is 3.93. The first-order chi connectivity index (χ1) is 7.90. The fourth-order valence-electron chi connectivity index (χ4n) is 3.11. The molecule has 86 valence electrons. The summed E-state index contributed by atoms with van der Waals surface area (Å²) in [5, 5.41) is 0.837. The fraction of sp³-hybridized carbons (Fsp3) is 0.571. The van der Waals surface area contributed by atoms with Gasteiger partial charge in [0.1, 0.15) is 0 Å². The number of rotatable bonds is 1. The topological polar surface area (TPSA) is 3.24 Å². The predicted molar refractivity (Wildman–Crippen MR) is 71.4 cm³/mol. The minimum atomic E-state index is 0.790. The maximum absolute atomic E-state index is 2.63. The van der Waals surface area contributed by atoms with Crippen LogP contribution < -0.4 is 4.90 Å². The summed E-state index contributed by atoms with van der Waals surface area (Å²) >= 11 is 2.12. The van der Waals surface area contributed by atoms with Crippen molar-refractivity contribution in [2.24, 2.45) is 0 Å². The molecule has 1 aliphatic carbocycles. The quantitative estimate of drug-likeness (QED) is 0.723. The van der Waals surface area contributed by atoms with Crippen LogP contribution in [0.1, 0.15) is 32.6 Å². The summed E-state index contributed by atoms with van der Waals surface area (Å²) in [6.07, 6.45) is 5.63. The van der Waals surface area contributed by atoms with Gasteiger partial charge in [0.2, 0.25) is 0 Å². The second kappa shape index (κ2) is 4.33. The summed E-state index contributed by atoms with van der Waals surface area (Å²) in [5.41, 5.74) is 1.47. The Bertz CT molecular complexity index is 377. The molecule has 0 amide bonds. The number of hydrogen-bond donors (Lipinski definition) is 0. The van der Waals surface area contributed by atoms with E-state index in [1.165, 1.54) is 36.3 Å². The van der Waals surface area contributed by atoms with E-state index < -0.39 is 0 Å². The first-order valence-corrected chi connectivity index (χ1v) is 7.30. The summed E-state index contributed by atoms with van der Waals surface area (Å²) in [6, 6.07) is 9.71. The van der Waals surface area contributed by atoms with Crippen molar-refractivity contribution in [3.63, 3.8) is 0 Å².